The van der Waals surface area contributed by atoms with Crippen molar-refractivity contribution in [3.8, 4) is 5.75 Å². The highest BCUT2D eigenvalue weighted by molar-refractivity contribution is 7.07. The van der Waals surface area contributed by atoms with Crippen LogP contribution in [0.3, 0.4) is 0 Å². The summed E-state index contributed by atoms with van der Waals surface area (Å²) in [5, 5.41) is 0.826. The third kappa shape index (κ3) is 6.12. The summed E-state index contributed by atoms with van der Waals surface area (Å²) >= 11 is 13.5. The molecule has 0 N–H and O–H groups in total. The van der Waals surface area contributed by atoms with Crippen LogP contribution in [0.1, 0.15) is 50.3 Å². The van der Waals surface area contributed by atoms with E-state index in [1.54, 1.807) is 35.8 Å². The second-order valence-electron chi connectivity index (χ2n) is 8.77. The van der Waals surface area contributed by atoms with E-state index in [1.165, 1.54) is 17.4 Å². The van der Waals surface area contributed by atoms with Crippen LogP contribution in [0.2, 0.25) is 10.0 Å². The zero-order valence-corrected chi connectivity index (χ0v) is 23.5. The van der Waals surface area contributed by atoms with Gasteiger partial charge in [-0.15, -0.1) is 0 Å². The molecule has 3 aromatic rings. The van der Waals surface area contributed by atoms with Crippen LogP contribution >= 0.6 is 34.5 Å². The van der Waals surface area contributed by atoms with Crippen molar-refractivity contribution in [2.75, 3.05) is 13.2 Å². The molecular formula is C29H28Cl2N2O4S. The van der Waals surface area contributed by atoms with E-state index in [-0.39, 0.29) is 12.2 Å². The van der Waals surface area contributed by atoms with Gasteiger partial charge in [0, 0.05) is 0 Å². The molecule has 0 aliphatic carbocycles. The van der Waals surface area contributed by atoms with Crippen LogP contribution in [0.15, 0.2) is 76.2 Å². The van der Waals surface area contributed by atoms with Crippen molar-refractivity contribution in [1.82, 2.24) is 4.57 Å². The van der Waals surface area contributed by atoms with Gasteiger partial charge in [0.1, 0.15) is 12.4 Å². The van der Waals surface area contributed by atoms with Crippen molar-refractivity contribution >= 4 is 46.6 Å². The Bertz CT molecular complexity index is 1550. The first kappa shape index (κ1) is 27.9. The summed E-state index contributed by atoms with van der Waals surface area (Å²) in [6.45, 7) is 8.20. The molecule has 0 radical (unpaired) electrons. The molecule has 0 amide bonds. The lowest BCUT2D eigenvalue weighted by Gasteiger charge is -2.24. The average Bonchev–Trinajstić information content (AvgIpc) is 3.21. The number of aromatic nitrogens is 1. The van der Waals surface area contributed by atoms with E-state index in [1.807, 2.05) is 24.3 Å². The van der Waals surface area contributed by atoms with Crippen molar-refractivity contribution in [2.45, 2.75) is 39.2 Å². The van der Waals surface area contributed by atoms with Gasteiger partial charge in [0.25, 0.3) is 5.56 Å². The Kier molecular flexibility index (Phi) is 9.26. The Hall–Kier alpha value is -3.13. The number of unbranched alkanes of at least 4 members (excludes halogenated alkanes) is 2. The van der Waals surface area contributed by atoms with Gasteiger partial charge in [-0.3, -0.25) is 9.36 Å². The van der Waals surface area contributed by atoms with Crippen molar-refractivity contribution in [3.05, 3.63) is 107 Å². The second-order valence-corrected chi connectivity index (χ2v) is 10.6. The van der Waals surface area contributed by atoms with Crippen molar-refractivity contribution in [1.29, 1.82) is 0 Å². The fraction of sp³-hybridized carbons (Fsp3) is 0.276. The zero-order valence-electron chi connectivity index (χ0n) is 21.2. The highest BCUT2D eigenvalue weighted by Crippen LogP contribution is 2.32. The van der Waals surface area contributed by atoms with Gasteiger partial charge in [0.15, 0.2) is 4.80 Å². The topological polar surface area (TPSA) is 69.9 Å². The lowest BCUT2D eigenvalue weighted by atomic mass is 9.96. The number of allylic oxidation sites excluding steroid dienone is 1. The number of hydrogen-bond acceptors (Lipinski definition) is 6. The van der Waals surface area contributed by atoms with E-state index in [9.17, 15) is 9.59 Å². The summed E-state index contributed by atoms with van der Waals surface area (Å²) in [6, 6.07) is 11.9. The lowest BCUT2D eigenvalue weighted by molar-refractivity contribution is -0.138. The second kappa shape index (κ2) is 12.6. The minimum atomic E-state index is -0.714. The van der Waals surface area contributed by atoms with Gasteiger partial charge in [0.2, 0.25) is 0 Å². The van der Waals surface area contributed by atoms with Gasteiger partial charge in [-0.1, -0.05) is 85.2 Å². The maximum absolute atomic E-state index is 13.7. The van der Waals surface area contributed by atoms with E-state index >= 15 is 0 Å². The lowest BCUT2D eigenvalue weighted by Crippen LogP contribution is -2.39. The van der Waals surface area contributed by atoms with E-state index < -0.39 is 12.0 Å². The molecule has 1 unspecified atom stereocenters. The fourth-order valence-electron chi connectivity index (χ4n) is 4.15. The minimum Gasteiger partial charge on any atom is -0.494 e. The maximum Gasteiger partial charge on any atom is 0.338 e. The molecular weight excluding hydrogens is 543 g/mol. The number of benzene rings is 2. The number of fused-ring (bicyclic) bond motifs is 1. The predicted molar refractivity (Wildman–Crippen MR) is 153 cm³/mol. The zero-order chi connectivity index (χ0) is 27.2. The Morgan fingerprint density at radius 3 is 2.61 bits per heavy atom. The van der Waals surface area contributed by atoms with Crippen LogP contribution in [0, 0.1) is 0 Å². The molecule has 9 heteroatoms. The van der Waals surface area contributed by atoms with E-state index in [0.29, 0.717) is 37.3 Å². The van der Waals surface area contributed by atoms with E-state index in [4.69, 9.17) is 32.7 Å². The Balaban J connectivity index is 1.80. The van der Waals surface area contributed by atoms with Crippen molar-refractivity contribution in [3.63, 3.8) is 0 Å². The highest BCUT2D eigenvalue weighted by Gasteiger charge is 2.33. The molecule has 4 rings (SSSR count). The summed E-state index contributed by atoms with van der Waals surface area (Å²) in [5.41, 5.74) is 1.99. The molecule has 1 aliphatic heterocycles. The van der Waals surface area contributed by atoms with E-state index in [2.05, 4.69) is 18.5 Å². The van der Waals surface area contributed by atoms with Crippen LogP contribution in [-0.4, -0.2) is 23.8 Å². The fourth-order valence-corrected chi connectivity index (χ4v) is 5.51. The van der Waals surface area contributed by atoms with Crippen LogP contribution in [-0.2, 0) is 9.53 Å². The number of halogens is 2. The quantitative estimate of drug-likeness (QED) is 0.174. The minimum absolute atomic E-state index is 0.0502. The number of esters is 1. The van der Waals surface area contributed by atoms with Crippen LogP contribution in [0.4, 0.5) is 0 Å². The molecule has 0 saturated heterocycles. The van der Waals surface area contributed by atoms with Gasteiger partial charge in [-0.2, -0.15) is 0 Å². The number of ether oxygens (including phenoxy) is 2. The number of carbonyl (C=O) groups excluding carboxylic acids is 1. The molecule has 2 heterocycles. The summed E-state index contributed by atoms with van der Waals surface area (Å²) in [6.07, 6.45) is 6.45. The molecule has 38 heavy (non-hydrogen) atoms. The largest absolute Gasteiger partial charge is 0.494 e. The molecule has 2 aromatic carbocycles. The molecule has 0 spiro atoms. The third-order valence-corrected chi connectivity index (χ3v) is 7.75. The average molecular weight is 572 g/mol. The standard InChI is InChI=1S/C29H28Cl2N2O4S/c1-4-6-7-15-36-21-11-9-20(10-12-21)26-25(28(35)37-14-5-2)18(3)32-29-33(26)27(34)24(38-29)17-19-8-13-22(30)23(31)16-19/h5,8-13,16-17,26H,2,4,6-7,14-15H2,1,3H3. The molecule has 6 nitrogen and oxygen atoms in total. The Labute approximate surface area is 235 Å². The van der Waals surface area contributed by atoms with Crippen LogP contribution < -0.4 is 19.6 Å². The van der Waals surface area contributed by atoms with Gasteiger partial charge < -0.3 is 9.47 Å². The van der Waals surface area contributed by atoms with Crippen molar-refractivity contribution < 1.29 is 14.3 Å². The summed E-state index contributed by atoms with van der Waals surface area (Å²) in [7, 11) is 0. The Morgan fingerprint density at radius 1 is 1.16 bits per heavy atom. The third-order valence-electron chi connectivity index (χ3n) is 6.03. The van der Waals surface area contributed by atoms with Gasteiger partial charge in [-0.05, 0) is 54.8 Å². The molecule has 1 atom stereocenters. The van der Waals surface area contributed by atoms with Gasteiger partial charge >= 0.3 is 5.97 Å². The summed E-state index contributed by atoms with van der Waals surface area (Å²) in [5.74, 6) is 0.183. The smallest absolute Gasteiger partial charge is 0.338 e. The highest BCUT2D eigenvalue weighted by atomic mass is 35.5. The number of thiazole rings is 1. The number of carbonyl (C=O) groups is 1. The van der Waals surface area contributed by atoms with Gasteiger partial charge in [0.05, 0.1) is 38.5 Å². The van der Waals surface area contributed by atoms with E-state index in [0.717, 1.165) is 36.1 Å². The molecule has 1 aromatic heterocycles. The molecule has 1 aliphatic rings. The summed E-state index contributed by atoms with van der Waals surface area (Å²) in [4.78, 5) is 32.0. The Morgan fingerprint density at radius 2 is 1.92 bits per heavy atom. The van der Waals surface area contributed by atoms with Gasteiger partial charge in [-0.25, -0.2) is 9.79 Å². The molecule has 0 fully saturated rings. The predicted octanol–water partition coefficient (Wildman–Crippen LogP) is 5.84. The number of hydrogen-bond donors (Lipinski definition) is 0. The van der Waals surface area contributed by atoms with Crippen LogP contribution in [0.5, 0.6) is 5.75 Å². The monoisotopic (exact) mass is 570 g/mol. The SMILES string of the molecule is C=CCOC(=O)C1=C(C)N=c2sc(=Cc3ccc(Cl)c(Cl)c3)c(=O)n2C1c1ccc(OCCCCC)cc1. The van der Waals surface area contributed by atoms with Crippen molar-refractivity contribution in [2.24, 2.45) is 4.99 Å². The van der Waals surface area contributed by atoms with Crippen LogP contribution in [0.25, 0.3) is 6.08 Å². The molecule has 0 bridgehead atoms. The molecule has 0 saturated carbocycles. The molecule has 198 valence electrons. The first-order chi connectivity index (χ1) is 18.3. The summed E-state index contributed by atoms with van der Waals surface area (Å²) < 4.78 is 13.2. The number of rotatable bonds is 10. The maximum atomic E-state index is 13.7. The first-order valence-electron chi connectivity index (χ1n) is 12.3. The first-order valence-corrected chi connectivity index (χ1v) is 13.9. The number of nitrogens with zero attached hydrogens (tertiary/aromatic N) is 2. The normalized spacial score (nSPS) is 15.2.